The van der Waals surface area contributed by atoms with Gasteiger partial charge in [-0.05, 0) is 12.0 Å². The Morgan fingerprint density at radius 2 is 2.00 bits per heavy atom. The van der Waals surface area contributed by atoms with Crippen molar-refractivity contribution in [2.75, 3.05) is 0 Å². The van der Waals surface area contributed by atoms with Gasteiger partial charge >= 0.3 is 0 Å². The predicted octanol–water partition coefficient (Wildman–Crippen LogP) is 2.73. The Bertz CT molecular complexity index is 641. The van der Waals surface area contributed by atoms with E-state index in [0.717, 1.165) is 35.1 Å². The Kier molecular flexibility index (Phi) is 3.06. The summed E-state index contributed by atoms with van der Waals surface area (Å²) in [6, 6.07) is 10.3. The predicted molar refractivity (Wildman–Crippen MR) is 71.9 cm³/mol. The molecular weight excluding hydrogens is 244 g/mol. The standard InChI is InChI=1S/C13H14N4S/c1-2-6-12-16-17-11(14-15-13(17)18-12)9-10-7-4-3-5-8-10/h3-5,7-8H,2,6,9H2,1H3. The number of benzene rings is 1. The molecule has 0 atom stereocenters. The average molecular weight is 258 g/mol. The van der Waals surface area contributed by atoms with Crippen molar-refractivity contribution in [1.82, 2.24) is 19.8 Å². The molecular formula is C13H14N4S. The molecule has 0 N–H and O–H groups in total. The molecule has 3 rings (SSSR count). The Morgan fingerprint density at radius 3 is 2.78 bits per heavy atom. The molecule has 2 aromatic heterocycles. The first-order chi connectivity index (χ1) is 8.86. The number of hydrogen-bond donors (Lipinski definition) is 0. The molecule has 2 heterocycles. The van der Waals surface area contributed by atoms with Gasteiger partial charge in [-0.3, -0.25) is 0 Å². The molecule has 0 unspecified atom stereocenters. The molecule has 0 bridgehead atoms. The lowest BCUT2D eigenvalue weighted by molar-refractivity contribution is 0.803. The van der Waals surface area contributed by atoms with Gasteiger partial charge in [-0.2, -0.15) is 9.61 Å². The lowest BCUT2D eigenvalue weighted by Crippen LogP contribution is -1.98. The van der Waals surface area contributed by atoms with Crippen LogP contribution in [0.5, 0.6) is 0 Å². The van der Waals surface area contributed by atoms with Gasteiger partial charge in [0.25, 0.3) is 0 Å². The third-order valence-electron chi connectivity index (χ3n) is 2.77. The highest BCUT2D eigenvalue weighted by molar-refractivity contribution is 7.16. The molecule has 0 amide bonds. The zero-order valence-electron chi connectivity index (χ0n) is 10.2. The van der Waals surface area contributed by atoms with Crippen LogP contribution in [0.4, 0.5) is 0 Å². The molecule has 0 saturated heterocycles. The fourth-order valence-electron chi connectivity index (χ4n) is 1.90. The summed E-state index contributed by atoms with van der Waals surface area (Å²) in [6.07, 6.45) is 2.90. The number of aromatic nitrogens is 4. The lowest BCUT2D eigenvalue weighted by Gasteiger charge is -1.97. The monoisotopic (exact) mass is 258 g/mol. The van der Waals surface area contributed by atoms with E-state index in [1.807, 2.05) is 22.7 Å². The topological polar surface area (TPSA) is 43.1 Å². The average Bonchev–Trinajstić information content (AvgIpc) is 2.93. The number of hydrogen-bond acceptors (Lipinski definition) is 4. The highest BCUT2D eigenvalue weighted by Gasteiger charge is 2.11. The fourth-order valence-corrected chi connectivity index (χ4v) is 2.85. The number of fused-ring (bicyclic) bond motifs is 1. The van der Waals surface area contributed by atoms with Gasteiger partial charge in [-0.25, -0.2) is 0 Å². The maximum atomic E-state index is 4.57. The second kappa shape index (κ2) is 4.86. The van der Waals surface area contributed by atoms with Crippen LogP contribution in [0.2, 0.25) is 0 Å². The quantitative estimate of drug-likeness (QED) is 0.722. The first-order valence-corrected chi connectivity index (χ1v) is 6.92. The smallest absolute Gasteiger partial charge is 0.187 e. The molecule has 0 aliphatic carbocycles. The van der Waals surface area contributed by atoms with Crippen LogP contribution >= 0.6 is 11.3 Å². The molecule has 0 saturated carbocycles. The SMILES string of the molecule is CCCc1nn2c(Cc3ccccc3)nnc2s1. The normalized spacial score (nSPS) is 11.2. The van der Waals surface area contributed by atoms with Crippen molar-refractivity contribution in [3.05, 3.63) is 46.7 Å². The van der Waals surface area contributed by atoms with Gasteiger partial charge in [0.2, 0.25) is 4.96 Å². The molecule has 0 spiro atoms. The molecule has 0 aliphatic heterocycles. The Hall–Kier alpha value is -1.75. The molecule has 3 aromatic rings. The van der Waals surface area contributed by atoms with Crippen LogP contribution in [0.25, 0.3) is 4.96 Å². The van der Waals surface area contributed by atoms with Crippen LogP contribution in [0, 0.1) is 0 Å². The van der Waals surface area contributed by atoms with E-state index in [0.29, 0.717) is 0 Å². The minimum atomic E-state index is 0.775. The van der Waals surface area contributed by atoms with Gasteiger partial charge in [0.1, 0.15) is 5.01 Å². The summed E-state index contributed by atoms with van der Waals surface area (Å²) < 4.78 is 1.88. The Balaban J connectivity index is 1.92. The minimum Gasteiger partial charge on any atom is -0.187 e. The van der Waals surface area contributed by atoms with Crippen LogP contribution in [0.1, 0.15) is 29.7 Å². The van der Waals surface area contributed by atoms with E-state index in [2.05, 4.69) is 34.4 Å². The zero-order valence-corrected chi connectivity index (χ0v) is 11.0. The van der Waals surface area contributed by atoms with Crippen molar-refractivity contribution in [3.63, 3.8) is 0 Å². The van der Waals surface area contributed by atoms with E-state index < -0.39 is 0 Å². The van der Waals surface area contributed by atoms with Crippen molar-refractivity contribution < 1.29 is 0 Å². The first kappa shape index (κ1) is 11.3. The van der Waals surface area contributed by atoms with Crippen LogP contribution < -0.4 is 0 Å². The van der Waals surface area contributed by atoms with Gasteiger partial charge in [0, 0.05) is 12.8 Å². The maximum absolute atomic E-state index is 4.57. The van der Waals surface area contributed by atoms with E-state index in [1.54, 1.807) is 11.3 Å². The summed E-state index contributed by atoms with van der Waals surface area (Å²) >= 11 is 1.63. The van der Waals surface area contributed by atoms with Crippen molar-refractivity contribution in [2.24, 2.45) is 0 Å². The van der Waals surface area contributed by atoms with Crippen LogP contribution in [0.15, 0.2) is 30.3 Å². The highest BCUT2D eigenvalue weighted by Crippen LogP contribution is 2.16. The van der Waals surface area contributed by atoms with Gasteiger partial charge < -0.3 is 0 Å². The van der Waals surface area contributed by atoms with Crippen LogP contribution in [0.3, 0.4) is 0 Å². The second-order valence-electron chi connectivity index (χ2n) is 4.22. The first-order valence-electron chi connectivity index (χ1n) is 6.10. The summed E-state index contributed by atoms with van der Waals surface area (Å²) in [5, 5.41) is 14.1. The van der Waals surface area contributed by atoms with Crippen LogP contribution in [-0.4, -0.2) is 19.8 Å². The molecule has 1 aromatic carbocycles. The van der Waals surface area contributed by atoms with Gasteiger partial charge in [0.15, 0.2) is 5.82 Å². The summed E-state index contributed by atoms with van der Waals surface area (Å²) in [4.78, 5) is 0.893. The number of rotatable bonds is 4. The minimum absolute atomic E-state index is 0.775. The molecule has 0 fully saturated rings. The third kappa shape index (κ3) is 2.13. The van der Waals surface area contributed by atoms with E-state index in [4.69, 9.17) is 0 Å². The van der Waals surface area contributed by atoms with Crippen molar-refractivity contribution in [2.45, 2.75) is 26.2 Å². The molecule has 92 valence electrons. The zero-order chi connectivity index (χ0) is 12.4. The van der Waals surface area contributed by atoms with E-state index in [9.17, 15) is 0 Å². The second-order valence-corrected chi connectivity index (χ2v) is 5.26. The fraction of sp³-hybridized carbons (Fsp3) is 0.308. The van der Waals surface area contributed by atoms with E-state index in [1.165, 1.54) is 5.56 Å². The summed E-state index contributed by atoms with van der Waals surface area (Å²) in [7, 11) is 0. The largest absolute Gasteiger partial charge is 0.234 e. The number of nitrogens with zero attached hydrogens (tertiary/aromatic N) is 4. The van der Waals surface area contributed by atoms with Crippen molar-refractivity contribution in [1.29, 1.82) is 0 Å². The third-order valence-corrected chi connectivity index (χ3v) is 3.72. The highest BCUT2D eigenvalue weighted by atomic mass is 32.1. The van der Waals surface area contributed by atoms with Gasteiger partial charge in [-0.1, -0.05) is 48.6 Å². The van der Waals surface area contributed by atoms with Gasteiger partial charge in [0.05, 0.1) is 0 Å². The van der Waals surface area contributed by atoms with E-state index >= 15 is 0 Å². The van der Waals surface area contributed by atoms with E-state index in [-0.39, 0.29) is 0 Å². The molecule has 18 heavy (non-hydrogen) atoms. The van der Waals surface area contributed by atoms with Crippen molar-refractivity contribution >= 4 is 16.3 Å². The molecule has 0 radical (unpaired) electrons. The van der Waals surface area contributed by atoms with Gasteiger partial charge in [-0.15, -0.1) is 10.2 Å². The number of aryl methyl sites for hydroxylation is 1. The lowest BCUT2D eigenvalue weighted by atomic mass is 10.1. The molecule has 0 aliphatic rings. The molecule has 5 heteroatoms. The molecule has 4 nitrogen and oxygen atoms in total. The Labute approximate surface area is 109 Å². The Morgan fingerprint density at radius 1 is 1.17 bits per heavy atom. The summed E-state index contributed by atoms with van der Waals surface area (Å²) in [6.45, 7) is 2.16. The van der Waals surface area contributed by atoms with Crippen molar-refractivity contribution in [3.8, 4) is 0 Å². The maximum Gasteiger partial charge on any atom is 0.234 e. The summed E-state index contributed by atoms with van der Waals surface area (Å²) in [5.41, 5.74) is 1.23. The van der Waals surface area contributed by atoms with Crippen LogP contribution in [-0.2, 0) is 12.8 Å². The summed E-state index contributed by atoms with van der Waals surface area (Å²) in [5.74, 6) is 0.912.